The Labute approximate surface area is 124 Å². The molecule has 0 radical (unpaired) electrons. The first-order valence-corrected chi connectivity index (χ1v) is 13.8. The van der Waals surface area contributed by atoms with Gasteiger partial charge in [0.15, 0.2) is 0 Å². The molecule has 0 saturated heterocycles. The molecule has 0 heterocycles. The topological polar surface area (TPSA) is 0 Å². The third-order valence-corrected chi connectivity index (χ3v) is 9.68. The van der Waals surface area contributed by atoms with E-state index >= 15 is 0 Å². The summed E-state index contributed by atoms with van der Waals surface area (Å²) in [4.78, 5) is 0. The van der Waals surface area contributed by atoms with Crippen molar-refractivity contribution in [3.8, 4) is 9.41 Å². The van der Waals surface area contributed by atoms with Crippen molar-refractivity contribution in [2.75, 3.05) is 0 Å². The summed E-state index contributed by atoms with van der Waals surface area (Å²) in [7, 11) is -1.30. The van der Waals surface area contributed by atoms with Crippen molar-refractivity contribution in [1.82, 2.24) is 0 Å². The maximum atomic E-state index is 3.69. The summed E-state index contributed by atoms with van der Waals surface area (Å²) in [5.41, 5.74) is 3.59. The second-order valence-corrected chi connectivity index (χ2v) is 15.7. The summed E-state index contributed by atoms with van der Waals surface area (Å²) < 4.78 is 6.61. The zero-order valence-corrected chi connectivity index (χ0v) is 15.3. The summed E-state index contributed by atoms with van der Waals surface area (Å²) in [6.07, 6.45) is 0. The molecule has 0 nitrogen and oxygen atoms in total. The van der Waals surface area contributed by atoms with Crippen molar-refractivity contribution in [3.63, 3.8) is 0 Å². The molecule has 0 N–H and O–H groups in total. The van der Waals surface area contributed by atoms with Gasteiger partial charge in [-0.25, -0.2) is 0 Å². The fraction of sp³-hybridized carbons (Fsp3) is 0.176. The van der Waals surface area contributed by atoms with Crippen LogP contribution in [0, 0.1) is 9.41 Å². The van der Waals surface area contributed by atoms with Crippen molar-refractivity contribution in [3.05, 3.63) is 60.7 Å². The van der Waals surface area contributed by atoms with Gasteiger partial charge in [0.05, 0.1) is 0 Å². The number of rotatable bonds is 2. The molecule has 0 amide bonds. The van der Waals surface area contributed by atoms with Crippen LogP contribution in [-0.4, -0.2) is 28.3 Å². The first-order chi connectivity index (χ1) is 9.06. The van der Waals surface area contributed by atoms with E-state index in [9.17, 15) is 0 Å². The van der Waals surface area contributed by atoms with E-state index in [1.54, 1.807) is 0 Å². The summed E-state index contributed by atoms with van der Waals surface area (Å²) in [6.45, 7) is 6.94. The minimum atomic E-state index is -1.88. The SMILES string of the molecule is C[Si](C)(C)C#[C][Sb]([c]1ccccc1)[c]1ccccc1. The van der Waals surface area contributed by atoms with Crippen LogP contribution in [0.4, 0.5) is 0 Å². The van der Waals surface area contributed by atoms with Crippen molar-refractivity contribution in [2.24, 2.45) is 0 Å². The molecule has 2 aromatic carbocycles. The Morgan fingerprint density at radius 1 is 0.737 bits per heavy atom. The molecule has 96 valence electrons. The first-order valence-electron chi connectivity index (χ1n) is 6.49. The summed E-state index contributed by atoms with van der Waals surface area (Å²) in [5, 5.41) is 0. The Hall–Kier alpha value is -0.965. The molecule has 0 aliphatic rings. The van der Waals surface area contributed by atoms with E-state index in [0.717, 1.165) is 0 Å². The van der Waals surface area contributed by atoms with Crippen molar-refractivity contribution in [1.29, 1.82) is 0 Å². The van der Waals surface area contributed by atoms with E-state index in [2.05, 4.69) is 89.7 Å². The monoisotopic (exact) mass is 372 g/mol. The van der Waals surface area contributed by atoms with Crippen LogP contribution >= 0.6 is 0 Å². The van der Waals surface area contributed by atoms with Crippen molar-refractivity contribution < 1.29 is 0 Å². The molecule has 0 aliphatic carbocycles. The molecule has 2 heteroatoms. The molecule has 0 unspecified atom stereocenters. The van der Waals surface area contributed by atoms with Crippen LogP contribution in [-0.2, 0) is 0 Å². The van der Waals surface area contributed by atoms with Crippen LogP contribution in [0.25, 0.3) is 0 Å². The van der Waals surface area contributed by atoms with Gasteiger partial charge in [-0.15, -0.1) is 0 Å². The second-order valence-electron chi connectivity index (χ2n) is 5.49. The van der Waals surface area contributed by atoms with Crippen LogP contribution in [0.1, 0.15) is 0 Å². The van der Waals surface area contributed by atoms with Gasteiger partial charge in [-0.3, -0.25) is 0 Å². The molecule has 0 bridgehead atoms. The average Bonchev–Trinajstić information content (AvgIpc) is 2.40. The Kier molecular flexibility index (Phi) is 4.91. The molecular weight excluding hydrogens is 354 g/mol. The van der Waals surface area contributed by atoms with Gasteiger partial charge in [0, 0.05) is 0 Å². The molecule has 2 rings (SSSR count). The van der Waals surface area contributed by atoms with Gasteiger partial charge < -0.3 is 0 Å². The van der Waals surface area contributed by atoms with Crippen LogP contribution in [0.5, 0.6) is 0 Å². The molecule has 0 aromatic heterocycles. The average molecular weight is 373 g/mol. The molecule has 2 aromatic rings. The fourth-order valence-corrected chi connectivity index (χ4v) is 10.2. The standard InChI is InChI=1S/2C6H5.C5H9Si.Sb/c2*1-2-4-6-5-3-1;1-5-6(2,3)4;/h2*1-5H;2-4H3;. The van der Waals surface area contributed by atoms with Gasteiger partial charge in [-0.05, 0) is 0 Å². The van der Waals surface area contributed by atoms with Crippen LogP contribution in [0.3, 0.4) is 0 Å². The number of hydrogen-bond donors (Lipinski definition) is 0. The number of benzene rings is 2. The predicted molar refractivity (Wildman–Crippen MR) is 89.0 cm³/mol. The first kappa shape index (κ1) is 14.4. The Balaban J connectivity index is 2.42. The fourth-order valence-electron chi connectivity index (χ4n) is 1.66. The third-order valence-electron chi connectivity index (χ3n) is 2.57. The van der Waals surface area contributed by atoms with Gasteiger partial charge in [0.1, 0.15) is 0 Å². The second kappa shape index (κ2) is 6.46. The van der Waals surface area contributed by atoms with E-state index < -0.39 is 28.3 Å². The van der Waals surface area contributed by atoms with E-state index in [4.69, 9.17) is 0 Å². The minimum absolute atomic E-state index is 1.30. The Morgan fingerprint density at radius 2 is 1.16 bits per heavy atom. The van der Waals surface area contributed by atoms with Gasteiger partial charge in [0.2, 0.25) is 0 Å². The predicted octanol–water partition coefficient (Wildman–Crippen LogP) is 2.72. The zero-order valence-electron chi connectivity index (χ0n) is 11.7. The van der Waals surface area contributed by atoms with E-state index in [0.29, 0.717) is 0 Å². The van der Waals surface area contributed by atoms with Crippen molar-refractivity contribution in [2.45, 2.75) is 19.6 Å². The van der Waals surface area contributed by atoms with E-state index in [1.165, 1.54) is 7.02 Å². The molecular formula is C17H19SbSi. The Bertz CT molecular complexity index is 534. The zero-order chi connectivity index (χ0) is 13.7. The van der Waals surface area contributed by atoms with Crippen LogP contribution in [0.2, 0.25) is 19.6 Å². The van der Waals surface area contributed by atoms with Crippen molar-refractivity contribution >= 4 is 35.3 Å². The molecule has 0 saturated carbocycles. The van der Waals surface area contributed by atoms with Gasteiger partial charge in [-0.1, -0.05) is 0 Å². The number of hydrogen-bond acceptors (Lipinski definition) is 0. The summed E-state index contributed by atoms with van der Waals surface area (Å²) in [6, 6.07) is 21.7. The molecule has 0 aliphatic heterocycles. The maximum absolute atomic E-state index is 3.69. The van der Waals surface area contributed by atoms with Gasteiger partial charge >= 0.3 is 125 Å². The van der Waals surface area contributed by atoms with E-state index in [-0.39, 0.29) is 0 Å². The molecule has 0 fully saturated rings. The third kappa shape index (κ3) is 4.57. The van der Waals surface area contributed by atoms with Gasteiger partial charge in [0.25, 0.3) is 0 Å². The molecule has 0 spiro atoms. The molecule has 19 heavy (non-hydrogen) atoms. The van der Waals surface area contributed by atoms with E-state index in [1.807, 2.05) is 0 Å². The summed E-state index contributed by atoms with van der Waals surface area (Å²) >= 11 is -1.88. The Morgan fingerprint density at radius 3 is 1.53 bits per heavy atom. The quantitative estimate of drug-likeness (QED) is 0.561. The van der Waals surface area contributed by atoms with Gasteiger partial charge in [-0.2, -0.15) is 0 Å². The van der Waals surface area contributed by atoms with Crippen LogP contribution < -0.4 is 7.02 Å². The van der Waals surface area contributed by atoms with Crippen LogP contribution in [0.15, 0.2) is 60.7 Å². The summed E-state index contributed by atoms with van der Waals surface area (Å²) in [5.74, 6) is 0. The normalized spacial score (nSPS) is 10.9. The molecule has 0 atom stereocenters.